The van der Waals surface area contributed by atoms with E-state index in [0.29, 0.717) is 28.4 Å². The zero-order chi connectivity index (χ0) is 26.9. The molecular formula is C27H26N2O8. The van der Waals surface area contributed by atoms with Crippen LogP contribution in [0.15, 0.2) is 54.6 Å². The van der Waals surface area contributed by atoms with E-state index in [-0.39, 0.29) is 22.9 Å². The van der Waals surface area contributed by atoms with Crippen molar-refractivity contribution in [2.75, 3.05) is 33.8 Å². The lowest BCUT2D eigenvalue weighted by Gasteiger charge is -2.13. The van der Waals surface area contributed by atoms with Gasteiger partial charge in [0.25, 0.3) is 5.69 Å². The number of phenols is 1. The van der Waals surface area contributed by atoms with Gasteiger partial charge in [-0.1, -0.05) is 24.3 Å². The van der Waals surface area contributed by atoms with Gasteiger partial charge in [0.15, 0.2) is 23.0 Å². The fourth-order valence-electron chi connectivity index (χ4n) is 3.52. The second-order valence-corrected chi connectivity index (χ2v) is 7.59. The molecule has 0 radical (unpaired) electrons. The molecule has 0 heterocycles. The summed E-state index contributed by atoms with van der Waals surface area (Å²) in [7, 11) is 5.93. The minimum atomic E-state index is -0.519. The first kappa shape index (κ1) is 26.6. The SMILES string of the molecule is COc1cc(C=Cc2cc(O)c(OC)c(NC(=O)/C=C/c3cccc([N+](=O)[O-])c3)c2)cc(OC)c1OC. The molecule has 0 aliphatic rings. The number of carbonyl (C=O) groups excluding carboxylic acids is 1. The molecular weight excluding hydrogens is 480 g/mol. The third-order valence-corrected chi connectivity index (χ3v) is 5.22. The van der Waals surface area contributed by atoms with Gasteiger partial charge in [-0.3, -0.25) is 14.9 Å². The van der Waals surface area contributed by atoms with E-state index >= 15 is 0 Å². The summed E-state index contributed by atoms with van der Waals surface area (Å²) in [5.74, 6) is 0.835. The van der Waals surface area contributed by atoms with Gasteiger partial charge in [-0.15, -0.1) is 0 Å². The van der Waals surface area contributed by atoms with Crippen LogP contribution in [0.3, 0.4) is 0 Å². The Morgan fingerprint density at radius 1 is 0.838 bits per heavy atom. The summed E-state index contributed by atoms with van der Waals surface area (Å²) < 4.78 is 21.3. The molecule has 0 aromatic heterocycles. The van der Waals surface area contributed by atoms with E-state index in [2.05, 4.69) is 5.32 Å². The van der Waals surface area contributed by atoms with Gasteiger partial charge in [-0.05, 0) is 47.0 Å². The van der Waals surface area contributed by atoms with Crippen LogP contribution in [0, 0.1) is 10.1 Å². The largest absolute Gasteiger partial charge is 0.504 e. The predicted octanol–water partition coefficient (Wildman–Crippen LogP) is 5.16. The number of carbonyl (C=O) groups is 1. The number of benzene rings is 3. The van der Waals surface area contributed by atoms with Crippen molar-refractivity contribution in [2.45, 2.75) is 0 Å². The van der Waals surface area contributed by atoms with Crippen molar-refractivity contribution >= 4 is 35.5 Å². The van der Waals surface area contributed by atoms with Gasteiger partial charge in [-0.25, -0.2) is 0 Å². The quantitative estimate of drug-likeness (QED) is 0.167. The lowest BCUT2D eigenvalue weighted by molar-refractivity contribution is -0.384. The highest BCUT2D eigenvalue weighted by Crippen LogP contribution is 2.39. The number of nitro benzene ring substituents is 1. The Balaban J connectivity index is 1.86. The molecule has 3 aromatic carbocycles. The predicted molar refractivity (Wildman–Crippen MR) is 140 cm³/mol. The molecule has 0 spiro atoms. The minimum absolute atomic E-state index is 0.0827. The first-order valence-corrected chi connectivity index (χ1v) is 10.9. The van der Waals surface area contributed by atoms with E-state index in [0.717, 1.165) is 5.56 Å². The van der Waals surface area contributed by atoms with Crippen molar-refractivity contribution in [2.24, 2.45) is 0 Å². The lowest BCUT2D eigenvalue weighted by atomic mass is 10.1. The van der Waals surface area contributed by atoms with Crippen molar-refractivity contribution in [3.63, 3.8) is 0 Å². The summed E-state index contributed by atoms with van der Waals surface area (Å²) in [5, 5.41) is 24.1. The van der Waals surface area contributed by atoms with E-state index in [1.807, 2.05) is 0 Å². The van der Waals surface area contributed by atoms with E-state index in [1.54, 1.807) is 36.4 Å². The highest BCUT2D eigenvalue weighted by atomic mass is 16.6. The van der Waals surface area contributed by atoms with Crippen LogP contribution in [-0.4, -0.2) is 44.4 Å². The topological polar surface area (TPSA) is 129 Å². The smallest absolute Gasteiger partial charge is 0.270 e. The maximum Gasteiger partial charge on any atom is 0.270 e. The van der Waals surface area contributed by atoms with Crippen LogP contribution < -0.4 is 24.3 Å². The zero-order valence-corrected chi connectivity index (χ0v) is 20.7. The number of aromatic hydroxyl groups is 1. The maximum absolute atomic E-state index is 12.5. The standard InChI is InChI=1S/C27H26N2O8/c1-34-23-15-19(16-24(35-2)27(23)37-4)9-8-18-13-21(26(36-3)22(30)14-18)28-25(31)11-10-17-6-5-7-20(12-17)29(32)33/h5-16,30H,1-4H3,(H,28,31)/b9-8?,11-10+. The van der Waals surface area contributed by atoms with Crippen molar-refractivity contribution < 1.29 is 33.8 Å². The minimum Gasteiger partial charge on any atom is -0.504 e. The van der Waals surface area contributed by atoms with Gasteiger partial charge in [0.05, 0.1) is 39.0 Å². The van der Waals surface area contributed by atoms with Crippen LogP contribution in [0.25, 0.3) is 18.2 Å². The fourth-order valence-corrected chi connectivity index (χ4v) is 3.52. The number of hydrogen-bond acceptors (Lipinski definition) is 8. The van der Waals surface area contributed by atoms with Gasteiger partial charge >= 0.3 is 0 Å². The van der Waals surface area contributed by atoms with Crippen LogP contribution in [0.5, 0.6) is 28.7 Å². The van der Waals surface area contributed by atoms with Crippen LogP contribution in [0.1, 0.15) is 16.7 Å². The van der Waals surface area contributed by atoms with Gasteiger partial charge in [-0.2, -0.15) is 0 Å². The molecule has 3 rings (SSSR count). The van der Waals surface area contributed by atoms with Crippen molar-refractivity contribution in [1.29, 1.82) is 0 Å². The summed E-state index contributed by atoms with van der Waals surface area (Å²) in [5.41, 5.74) is 1.96. The Hall–Kier alpha value is -4.99. The molecule has 0 aliphatic carbocycles. The first-order chi connectivity index (χ1) is 17.8. The number of anilines is 1. The number of non-ortho nitro benzene ring substituents is 1. The fraction of sp³-hybridized carbons (Fsp3) is 0.148. The van der Waals surface area contributed by atoms with Gasteiger partial charge in [0.2, 0.25) is 11.7 Å². The van der Waals surface area contributed by atoms with Crippen LogP contribution in [-0.2, 0) is 4.79 Å². The zero-order valence-electron chi connectivity index (χ0n) is 20.7. The number of phenolic OH excluding ortho intramolecular Hbond substituents is 1. The molecule has 3 aromatic rings. The highest BCUT2D eigenvalue weighted by Gasteiger charge is 2.14. The third-order valence-electron chi connectivity index (χ3n) is 5.22. The number of nitro groups is 1. The molecule has 0 aliphatic heterocycles. The van der Waals surface area contributed by atoms with E-state index in [1.165, 1.54) is 64.9 Å². The number of methoxy groups -OCH3 is 4. The Bertz CT molecular complexity index is 1340. The van der Waals surface area contributed by atoms with Gasteiger partial charge < -0.3 is 29.4 Å². The number of ether oxygens (including phenoxy) is 4. The Kier molecular flexibility index (Phi) is 8.71. The monoisotopic (exact) mass is 506 g/mol. The second-order valence-electron chi connectivity index (χ2n) is 7.59. The molecule has 1 amide bonds. The van der Waals surface area contributed by atoms with E-state index in [4.69, 9.17) is 18.9 Å². The average Bonchev–Trinajstić information content (AvgIpc) is 2.90. The van der Waals surface area contributed by atoms with Crippen molar-refractivity contribution in [3.8, 4) is 28.7 Å². The highest BCUT2D eigenvalue weighted by molar-refractivity contribution is 6.03. The number of hydrogen-bond donors (Lipinski definition) is 2. The van der Waals surface area contributed by atoms with Crippen LogP contribution in [0.4, 0.5) is 11.4 Å². The summed E-state index contributed by atoms with van der Waals surface area (Å²) in [6.07, 6.45) is 6.19. The Labute approximate surface area is 213 Å². The lowest BCUT2D eigenvalue weighted by Crippen LogP contribution is -2.09. The normalized spacial score (nSPS) is 10.9. The van der Waals surface area contributed by atoms with E-state index < -0.39 is 10.8 Å². The van der Waals surface area contributed by atoms with Gasteiger partial charge in [0.1, 0.15) is 0 Å². The maximum atomic E-state index is 12.5. The molecule has 0 saturated heterocycles. The van der Waals surface area contributed by atoms with E-state index in [9.17, 15) is 20.0 Å². The van der Waals surface area contributed by atoms with Crippen LogP contribution >= 0.6 is 0 Å². The number of rotatable bonds is 10. The molecule has 2 N–H and O–H groups in total. The summed E-state index contributed by atoms with van der Waals surface area (Å²) in [4.78, 5) is 23.0. The number of nitrogens with zero attached hydrogens (tertiary/aromatic N) is 1. The third kappa shape index (κ3) is 6.57. The summed E-state index contributed by atoms with van der Waals surface area (Å²) in [6, 6.07) is 12.5. The molecule has 10 heteroatoms. The average molecular weight is 507 g/mol. The van der Waals surface area contributed by atoms with Crippen molar-refractivity contribution in [3.05, 3.63) is 81.4 Å². The molecule has 0 bridgehead atoms. The number of amides is 1. The molecule has 0 fully saturated rings. The molecule has 10 nitrogen and oxygen atoms in total. The Morgan fingerprint density at radius 2 is 1.46 bits per heavy atom. The number of nitrogens with one attached hydrogen (secondary N) is 1. The molecule has 192 valence electrons. The van der Waals surface area contributed by atoms with Crippen molar-refractivity contribution in [1.82, 2.24) is 0 Å². The first-order valence-electron chi connectivity index (χ1n) is 10.9. The molecule has 0 atom stereocenters. The molecule has 0 unspecified atom stereocenters. The summed E-state index contributed by atoms with van der Waals surface area (Å²) in [6.45, 7) is 0. The Morgan fingerprint density at radius 3 is 2.03 bits per heavy atom. The summed E-state index contributed by atoms with van der Waals surface area (Å²) >= 11 is 0. The molecule has 37 heavy (non-hydrogen) atoms. The second kappa shape index (κ2) is 12.1. The molecule has 0 saturated carbocycles. The van der Waals surface area contributed by atoms with Crippen LogP contribution in [0.2, 0.25) is 0 Å². The van der Waals surface area contributed by atoms with Gasteiger partial charge in [0, 0.05) is 18.2 Å².